The topological polar surface area (TPSA) is 177 Å². The van der Waals surface area contributed by atoms with Gasteiger partial charge in [0, 0.05) is 74.6 Å². The molecule has 2 aliphatic carbocycles. The Kier molecular flexibility index (Phi) is 15.3. The molecule has 2 heterocycles. The average molecular weight is 629 g/mol. The summed E-state index contributed by atoms with van der Waals surface area (Å²) in [6.45, 7) is 7.02. The maximum Gasteiger partial charge on any atom is 1.00 e. The van der Waals surface area contributed by atoms with E-state index in [0.29, 0.717) is 17.5 Å². The summed E-state index contributed by atoms with van der Waals surface area (Å²) >= 11 is 0. The quantitative estimate of drug-likeness (QED) is 0.164. The number of hydrogen-bond donors (Lipinski definition) is 3. The number of likely N-dealkylation sites (tertiary alicyclic amines) is 1. The van der Waals surface area contributed by atoms with Crippen LogP contribution in [-0.2, 0) is 57.6 Å². The first kappa shape index (κ1) is 38.6. The number of carbonyl (C=O) groups excluding carboxylic acids is 2. The van der Waals surface area contributed by atoms with Crippen molar-refractivity contribution in [2.24, 2.45) is 5.92 Å². The third kappa shape index (κ3) is 9.29. The molecule has 1 spiro atoms. The van der Waals surface area contributed by atoms with E-state index in [4.69, 9.17) is 43.9 Å². The van der Waals surface area contributed by atoms with Crippen LogP contribution in [0.15, 0.2) is 24.3 Å². The van der Waals surface area contributed by atoms with Crippen LogP contribution in [0.4, 0.5) is 0 Å². The van der Waals surface area contributed by atoms with E-state index in [1.165, 1.54) is 19.4 Å². The van der Waals surface area contributed by atoms with E-state index in [2.05, 4.69) is 24.1 Å². The first-order valence-corrected chi connectivity index (χ1v) is 12.3. The average Bonchev–Trinajstić information content (AvgIpc) is 3.12. The SMILES string of the molecule is CC(=O)O.CC(=O)O.CC(=O)O.CC(=O)Oc1ccc2c3c1O[C@H]1[C@@H](OC(C)=O)C=C[C@H]4[C@@H](C2)N(C)CC[C@@]341.[Fe].[H-].[Na+]. The molecule has 12 nitrogen and oxygen atoms in total. The molecule has 1 aromatic carbocycles. The zero-order chi connectivity index (χ0) is 29.7. The van der Waals surface area contributed by atoms with Gasteiger partial charge in [-0.1, -0.05) is 12.1 Å². The van der Waals surface area contributed by atoms with E-state index in [0.717, 1.165) is 45.7 Å². The maximum absolute atomic E-state index is 11.7. The Morgan fingerprint density at radius 2 is 1.49 bits per heavy atom. The number of rotatable bonds is 2. The van der Waals surface area contributed by atoms with Crippen LogP contribution in [0.3, 0.4) is 0 Å². The van der Waals surface area contributed by atoms with Crippen molar-refractivity contribution in [1.82, 2.24) is 4.90 Å². The Hall–Kier alpha value is -2.41. The van der Waals surface area contributed by atoms with Crippen molar-refractivity contribution >= 4 is 29.8 Å². The fourth-order valence-corrected chi connectivity index (χ4v) is 5.74. The van der Waals surface area contributed by atoms with Gasteiger partial charge < -0.3 is 35.9 Å². The molecular formula is C27H36FeNNaO11. The summed E-state index contributed by atoms with van der Waals surface area (Å²) < 4.78 is 17.5. The zero-order valence-corrected chi connectivity index (χ0v) is 27.3. The van der Waals surface area contributed by atoms with Gasteiger partial charge in [-0.15, -0.1) is 0 Å². The van der Waals surface area contributed by atoms with E-state index < -0.39 is 24.0 Å². The maximum atomic E-state index is 11.7. The van der Waals surface area contributed by atoms with Gasteiger partial charge in [0.05, 0.1) is 0 Å². The Morgan fingerprint density at radius 3 is 1.98 bits per heavy atom. The number of carbonyl (C=O) groups is 5. The first-order valence-electron chi connectivity index (χ1n) is 12.3. The van der Waals surface area contributed by atoms with Crippen molar-refractivity contribution in [3.05, 3.63) is 35.4 Å². The smallest absolute Gasteiger partial charge is 1.00 e. The summed E-state index contributed by atoms with van der Waals surface area (Å²) in [5, 5.41) is 22.2. The number of nitrogens with zero attached hydrogens (tertiary/aromatic N) is 1. The van der Waals surface area contributed by atoms with Crippen molar-refractivity contribution in [2.75, 3.05) is 13.6 Å². The molecule has 14 heteroatoms. The molecule has 1 aromatic rings. The van der Waals surface area contributed by atoms with Crippen LogP contribution in [0.2, 0.25) is 0 Å². The first-order chi connectivity index (χ1) is 18.1. The molecule has 1 saturated heterocycles. The normalized spacial score (nSPS) is 25.0. The number of carboxylic acids is 3. The van der Waals surface area contributed by atoms with Crippen LogP contribution in [0.1, 0.15) is 53.6 Å². The summed E-state index contributed by atoms with van der Waals surface area (Å²) in [6, 6.07) is 4.28. The van der Waals surface area contributed by atoms with Gasteiger partial charge in [-0.25, -0.2) is 0 Å². The Morgan fingerprint density at radius 1 is 0.951 bits per heavy atom. The van der Waals surface area contributed by atoms with Crippen LogP contribution in [0, 0.1) is 5.92 Å². The Balaban J connectivity index is 0. The number of aliphatic carboxylic acids is 3. The molecule has 5 rings (SSSR count). The minimum absolute atomic E-state index is 0. The van der Waals surface area contributed by atoms with Crippen molar-refractivity contribution in [3.8, 4) is 11.5 Å². The van der Waals surface area contributed by atoms with E-state index in [1.807, 2.05) is 12.1 Å². The molecule has 0 amide bonds. The van der Waals surface area contributed by atoms with Crippen molar-refractivity contribution in [1.29, 1.82) is 0 Å². The summed E-state index contributed by atoms with van der Waals surface area (Å²) in [4.78, 5) is 52.7. The van der Waals surface area contributed by atoms with E-state index in [9.17, 15) is 9.59 Å². The Bertz CT molecular complexity index is 1140. The van der Waals surface area contributed by atoms with E-state index >= 15 is 0 Å². The van der Waals surface area contributed by atoms with Gasteiger partial charge in [0.1, 0.15) is 6.10 Å². The van der Waals surface area contributed by atoms with Gasteiger partial charge in [-0.3, -0.25) is 24.0 Å². The number of likely N-dealkylation sites (N-methyl/N-ethyl adjacent to an activating group) is 1. The number of esters is 2. The second kappa shape index (κ2) is 16.3. The molecular weight excluding hydrogens is 593 g/mol. The summed E-state index contributed by atoms with van der Waals surface area (Å²) in [7, 11) is 2.17. The van der Waals surface area contributed by atoms with Crippen LogP contribution >= 0.6 is 0 Å². The second-order valence-corrected chi connectivity index (χ2v) is 9.64. The van der Waals surface area contributed by atoms with Crippen molar-refractivity contribution in [2.45, 2.75) is 71.1 Å². The van der Waals surface area contributed by atoms with E-state index in [1.54, 1.807) is 0 Å². The largest absolute Gasteiger partial charge is 1.00 e. The number of ether oxygens (including phenoxy) is 3. The molecule has 41 heavy (non-hydrogen) atoms. The molecule has 0 aromatic heterocycles. The van der Waals surface area contributed by atoms with Gasteiger partial charge in [-0.2, -0.15) is 0 Å². The number of benzene rings is 1. The minimum Gasteiger partial charge on any atom is -1.00 e. The monoisotopic (exact) mass is 629 g/mol. The summed E-state index contributed by atoms with van der Waals surface area (Å²) in [5.41, 5.74) is 2.15. The predicted octanol–water partition coefficient (Wildman–Crippen LogP) is -0.625. The molecule has 0 saturated carbocycles. The standard InChI is InChI=1S/C21H23NO5.3C2H4O2.Fe.Na.H/c1-11(23)25-16-6-4-13-10-15-14-5-7-17(26-12(2)24)20-21(14,8-9-22(15)3)18(13)19(16)27-20;3*1-2(3)4;;;/h4-7,14-15,17,20H,8-10H2,1-3H3;3*1H3,(H,3,4);;;/q;;;;;+1;-1/t14-,15+,17-,20-,21-;;;;;;/m0....../s1. The summed E-state index contributed by atoms with van der Waals surface area (Å²) in [6.07, 6.45) is 5.31. The number of hydrogen-bond acceptors (Lipinski definition) is 9. The third-order valence-electron chi connectivity index (χ3n) is 6.67. The minimum atomic E-state index is -0.833. The summed E-state index contributed by atoms with van der Waals surface area (Å²) in [5.74, 6) is -1.79. The molecule has 5 atom stereocenters. The third-order valence-corrected chi connectivity index (χ3v) is 6.67. The molecule has 0 radical (unpaired) electrons. The van der Waals surface area contributed by atoms with Gasteiger partial charge in [0.15, 0.2) is 17.6 Å². The second-order valence-electron chi connectivity index (χ2n) is 9.64. The van der Waals surface area contributed by atoms with Crippen LogP contribution in [-0.4, -0.2) is 81.9 Å². The molecule has 1 fully saturated rings. The molecule has 3 N–H and O–H groups in total. The number of carboxylic acid groups (broad SMARTS) is 3. The zero-order valence-electron chi connectivity index (χ0n) is 25.1. The molecule has 0 unspecified atom stereocenters. The van der Waals surface area contributed by atoms with Gasteiger partial charge in [-0.05, 0) is 44.1 Å². The fourth-order valence-electron chi connectivity index (χ4n) is 5.74. The van der Waals surface area contributed by atoms with Crippen LogP contribution < -0.4 is 39.0 Å². The van der Waals surface area contributed by atoms with Crippen LogP contribution in [0.25, 0.3) is 0 Å². The van der Waals surface area contributed by atoms with Gasteiger partial charge in [0.2, 0.25) is 0 Å². The van der Waals surface area contributed by atoms with Gasteiger partial charge in [0.25, 0.3) is 17.9 Å². The van der Waals surface area contributed by atoms with Crippen molar-refractivity contribution in [3.63, 3.8) is 0 Å². The Labute approximate surface area is 272 Å². The predicted molar refractivity (Wildman–Crippen MR) is 138 cm³/mol. The molecule has 224 valence electrons. The van der Waals surface area contributed by atoms with E-state index in [-0.39, 0.29) is 77.4 Å². The van der Waals surface area contributed by atoms with Crippen LogP contribution in [0.5, 0.6) is 11.5 Å². The number of piperidine rings is 1. The molecule has 2 bridgehead atoms. The molecule has 2 aliphatic heterocycles. The van der Waals surface area contributed by atoms with Gasteiger partial charge >= 0.3 is 41.5 Å². The van der Waals surface area contributed by atoms with Crippen molar-refractivity contribution < 1.29 is 102 Å². The molecule has 4 aliphatic rings. The fraction of sp³-hybridized carbons (Fsp3) is 0.519.